The molecule has 0 radical (unpaired) electrons. The number of carbonyl (C=O) groups is 1. The fourth-order valence-corrected chi connectivity index (χ4v) is 3.00. The van der Waals surface area contributed by atoms with E-state index in [9.17, 15) is 9.90 Å². The molecule has 0 heterocycles. The maximum Gasteiger partial charge on any atom is 0.309 e. The van der Waals surface area contributed by atoms with Crippen molar-refractivity contribution in [1.29, 1.82) is 0 Å². The third kappa shape index (κ3) is 1.58. The normalized spacial score (nSPS) is 36.4. The number of carboxylic acids is 1. The van der Waals surface area contributed by atoms with Gasteiger partial charge in [0.15, 0.2) is 0 Å². The van der Waals surface area contributed by atoms with Crippen LogP contribution in [0.3, 0.4) is 0 Å². The minimum Gasteiger partial charge on any atom is -0.481 e. The Morgan fingerprint density at radius 1 is 1.64 bits per heavy atom. The molecule has 14 heavy (non-hydrogen) atoms. The van der Waals surface area contributed by atoms with Gasteiger partial charge >= 0.3 is 5.97 Å². The highest BCUT2D eigenvalue weighted by molar-refractivity contribution is 5.76. The van der Waals surface area contributed by atoms with Gasteiger partial charge in [-0.3, -0.25) is 4.79 Å². The number of hydrogen-bond acceptors (Lipinski definition) is 1. The Labute approximate surface area is 85.0 Å². The maximum absolute atomic E-state index is 11.2. The highest BCUT2D eigenvalue weighted by atomic mass is 16.4. The minimum absolute atomic E-state index is 0.393. The lowest BCUT2D eigenvalue weighted by Crippen LogP contribution is -2.43. The van der Waals surface area contributed by atoms with Crippen molar-refractivity contribution in [2.45, 2.75) is 45.4 Å². The predicted octanol–water partition coefficient (Wildman–Crippen LogP) is 2.99. The number of aliphatic carboxylic acids is 1. The van der Waals surface area contributed by atoms with E-state index in [2.05, 4.69) is 13.0 Å². The second-order valence-electron chi connectivity index (χ2n) is 5.03. The van der Waals surface area contributed by atoms with E-state index < -0.39 is 11.4 Å². The summed E-state index contributed by atoms with van der Waals surface area (Å²) in [7, 11) is 0. The molecule has 1 N–H and O–H groups in total. The molecule has 0 aromatic heterocycles. The Bertz CT molecular complexity index is 272. The van der Waals surface area contributed by atoms with Gasteiger partial charge in [-0.05, 0) is 44.4 Å². The average molecular weight is 194 g/mol. The van der Waals surface area contributed by atoms with Gasteiger partial charge in [0, 0.05) is 0 Å². The van der Waals surface area contributed by atoms with Gasteiger partial charge in [0.05, 0.1) is 5.41 Å². The van der Waals surface area contributed by atoms with Crippen molar-refractivity contribution >= 4 is 5.97 Å². The molecule has 0 atom stereocenters. The van der Waals surface area contributed by atoms with Crippen molar-refractivity contribution < 1.29 is 9.90 Å². The molecule has 0 spiro atoms. The van der Waals surface area contributed by atoms with Crippen molar-refractivity contribution in [3.05, 3.63) is 11.6 Å². The Kier molecular flexibility index (Phi) is 2.38. The first-order valence-electron chi connectivity index (χ1n) is 5.54. The summed E-state index contributed by atoms with van der Waals surface area (Å²) in [5.74, 6) is 0.0245. The van der Waals surface area contributed by atoms with Crippen molar-refractivity contribution in [2.24, 2.45) is 11.3 Å². The summed E-state index contributed by atoms with van der Waals surface area (Å²) < 4.78 is 0. The van der Waals surface area contributed by atoms with Crippen molar-refractivity contribution in [1.82, 2.24) is 0 Å². The molecule has 2 nitrogen and oxygen atoms in total. The molecule has 2 aliphatic rings. The van der Waals surface area contributed by atoms with Crippen LogP contribution in [-0.4, -0.2) is 11.1 Å². The zero-order valence-corrected chi connectivity index (χ0v) is 8.75. The lowest BCUT2D eigenvalue weighted by molar-refractivity contribution is -0.157. The van der Waals surface area contributed by atoms with E-state index in [1.54, 1.807) is 0 Å². The number of carboxylic acid groups (broad SMARTS) is 1. The topological polar surface area (TPSA) is 37.3 Å². The molecule has 78 valence electrons. The Morgan fingerprint density at radius 2 is 2.36 bits per heavy atom. The molecule has 0 saturated heterocycles. The lowest BCUT2D eigenvalue weighted by Gasteiger charge is -2.43. The van der Waals surface area contributed by atoms with E-state index in [1.165, 1.54) is 12.0 Å². The Hall–Kier alpha value is -0.790. The summed E-state index contributed by atoms with van der Waals surface area (Å²) in [6, 6.07) is 0. The van der Waals surface area contributed by atoms with Crippen molar-refractivity contribution in [2.75, 3.05) is 0 Å². The van der Waals surface area contributed by atoms with Gasteiger partial charge < -0.3 is 5.11 Å². The number of rotatable bonds is 3. The molecular weight excluding hydrogens is 176 g/mol. The molecule has 0 aromatic rings. The van der Waals surface area contributed by atoms with Gasteiger partial charge in [0.2, 0.25) is 0 Å². The molecule has 0 amide bonds. The second-order valence-corrected chi connectivity index (χ2v) is 5.03. The van der Waals surface area contributed by atoms with E-state index in [1.807, 2.05) is 0 Å². The van der Waals surface area contributed by atoms with E-state index in [0.29, 0.717) is 5.92 Å². The molecule has 0 bridgehead atoms. The standard InChI is InChI=1S/C12H18O2/c1-9-6-12(7-9,11(13)14)8-10-4-2-3-5-10/h4,9H,2-3,5-8H2,1H3,(H,13,14). The van der Waals surface area contributed by atoms with E-state index >= 15 is 0 Å². The molecular formula is C12H18O2. The largest absolute Gasteiger partial charge is 0.481 e. The van der Waals surface area contributed by atoms with E-state index in [4.69, 9.17) is 0 Å². The second kappa shape index (κ2) is 3.41. The van der Waals surface area contributed by atoms with Crippen LogP contribution in [0.25, 0.3) is 0 Å². The average Bonchev–Trinajstić information content (AvgIpc) is 2.53. The summed E-state index contributed by atoms with van der Waals surface area (Å²) in [6.07, 6.45) is 8.31. The molecule has 0 unspecified atom stereocenters. The highest BCUT2D eigenvalue weighted by Crippen LogP contribution is 2.50. The Balaban J connectivity index is 2.02. The molecule has 2 aliphatic carbocycles. The molecule has 1 fully saturated rings. The predicted molar refractivity (Wildman–Crippen MR) is 55.0 cm³/mol. The van der Waals surface area contributed by atoms with Gasteiger partial charge in [0.25, 0.3) is 0 Å². The molecule has 0 aliphatic heterocycles. The maximum atomic E-state index is 11.2. The third-order valence-corrected chi connectivity index (χ3v) is 3.63. The summed E-state index contributed by atoms with van der Waals surface area (Å²) in [5.41, 5.74) is 0.995. The van der Waals surface area contributed by atoms with Crippen LogP contribution >= 0.6 is 0 Å². The van der Waals surface area contributed by atoms with Crippen molar-refractivity contribution in [3.8, 4) is 0 Å². The van der Waals surface area contributed by atoms with Crippen LogP contribution in [0.4, 0.5) is 0 Å². The summed E-state index contributed by atoms with van der Waals surface area (Å²) >= 11 is 0. The van der Waals surface area contributed by atoms with Crippen LogP contribution in [0.1, 0.15) is 45.4 Å². The van der Waals surface area contributed by atoms with Crippen LogP contribution in [0.5, 0.6) is 0 Å². The first-order valence-corrected chi connectivity index (χ1v) is 5.54. The fraction of sp³-hybridized carbons (Fsp3) is 0.750. The molecule has 2 rings (SSSR count). The first-order chi connectivity index (χ1) is 6.62. The van der Waals surface area contributed by atoms with Gasteiger partial charge in [-0.15, -0.1) is 0 Å². The summed E-state index contributed by atoms with van der Waals surface area (Å²) in [6.45, 7) is 2.14. The summed E-state index contributed by atoms with van der Waals surface area (Å²) in [4.78, 5) is 11.2. The van der Waals surface area contributed by atoms with Crippen LogP contribution in [0.15, 0.2) is 11.6 Å². The van der Waals surface area contributed by atoms with Crippen LogP contribution in [0.2, 0.25) is 0 Å². The van der Waals surface area contributed by atoms with Gasteiger partial charge in [0.1, 0.15) is 0 Å². The van der Waals surface area contributed by atoms with Gasteiger partial charge in [-0.1, -0.05) is 18.6 Å². The molecule has 0 aromatic carbocycles. The van der Waals surface area contributed by atoms with Crippen LogP contribution in [0, 0.1) is 11.3 Å². The minimum atomic E-state index is -0.580. The third-order valence-electron chi connectivity index (χ3n) is 3.63. The van der Waals surface area contributed by atoms with Crippen LogP contribution < -0.4 is 0 Å². The molecule has 2 heteroatoms. The van der Waals surface area contributed by atoms with Crippen LogP contribution in [-0.2, 0) is 4.79 Å². The lowest BCUT2D eigenvalue weighted by atomic mass is 9.60. The molecule has 1 saturated carbocycles. The first kappa shape index (κ1) is 9.75. The Morgan fingerprint density at radius 3 is 2.79 bits per heavy atom. The van der Waals surface area contributed by atoms with Gasteiger partial charge in [-0.2, -0.15) is 0 Å². The highest BCUT2D eigenvalue weighted by Gasteiger charge is 2.48. The zero-order chi connectivity index (χ0) is 10.2. The SMILES string of the molecule is CC1CC(CC2=CCCC2)(C(=O)O)C1. The summed E-state index contributed by atoms with van der Waals surface area (Å²) in [5, 5.41) is 9.23. The fourth-order valence-electron chi connectivity index (χ4n) is 3.00. The monoisotopic (exact) mass is 194 g/mol. The number of hydrogen-bond donors (Lipinski definition) is 1. The van der Waals surface area contributed by atoms with E-state index in [-0.39, 0.29) is 0 Å². The number of allylic oxidation sites excluding steroid dienone is 2. The van der Waals surface area contributed by atoms with Gasteiger partial charge in [-0.25, -0.2) is 0 Å². The quantitative estimate of drug-likeness (QED) is 0.701. The van der Waals surface area contributed by atoms with Crippen molar-refractivity contribution in [3.63, 3.8) is 0 Å². The van der Waals surface area contributed by atoms with E-state index in [0.717, 1.165) is 32.1 Å². The zero-order valence-electron chi connectivity index (χ0n) is 8.75. The smallest absolute Gasteiger partial charge is 0.309 e.